The highest BCUT2D eigenvalue weighted by Crippen LogP contribution is 2.24. The number of nitrogens with zero attached hydrogens (tertiary/aromatic N) is 1. The van der Waals surface area contributed by atoms with E-state index in [1.807, 2.05) is 48.2 Å². The molecule has 1 saturated heterocycles. The molecule has 1 aliphatic heterocycles. The molecule has 134 valence electrons. The lowest BCUT2D eigenvalue weighted by Crippen LogP contribution is -2.42. The Hall–Kier alpha value is -1.92. The van der Waals surface area contributed by atoms with Gasteiger partial charge in [-0.25, -0.2) is 0 Å². The monoisotopic (exact) mass is 360 g/mol. The third-order valence-electron chi connectivity index (χ3n) is 4.35. The average Bonchev–Trinajstić information content (AvgIpc) is 3.17. The van der Waals surface area contributed by atoms with Crippen molar-refractivity contribution in [1.82, 2.24) is 10.2 Å². The zero-order chi connectivity index (χ0) is 17.5. The maximum absolute atomic E-state index is 12.4. The molecule has 1 amide bonds. The Kier molecular flexibility index (Phi) is 6.42. The number of hydrogen-bond acceptors (Lipinski definition) is 5. The first-order chi connectivity index (χ1) is 12.3. The fourth-order valence-electron chi connectivity index (χ4n) is 3.02. The summed E-state index contributed by atoms with van der Waals surface area (Å²) in [6.07, 6.45) is 2.04. The van der Waals surface area contributed by atoms with Crippen molar-refractivity contribution < 1.29 is 13.9 Å². The number of carbonyl (C=O) groups is 1. The first kappa shape index (κ1) is 17.9. The smallest absolute Gasteiger partial charge is 0.224 e. The van der Waals surface area contributed by atoms with E-state index >= 15 is 0 Å². The minimum Gasteiger partial charge on any atom is -0.497 e. The van der Waals surface area contributed by atoms with E-state index < -0.39 is 0 Å². The lowest BCUT2D eigenvalue weighted by atomic mass is 10.1. The van der Waals surface area contributed by atoms with Gasteiger partial charge >= 0.3 is 0 Å². The number of furan rings is 1. The van der Waals surface area contributed by atoms with E-state index in [0.717, 1.165) is 41.7 Å². The Bertz CT molecular complexity index is 669. The Morgan fingerprint density at radius 2 is 2.16 bits per heavy atom. The molecule has 0 aliphatic carbocycles. The number of carbonyl (C=O) groups excluding carboxylic acids is 1. The van der Waals surface area contributed by atoms with Crippen molar-refractivity contribution in [2.24, 2.45) is 0 Å². The van der Waals surface area contributed by atoms with Crippen LogP contribution in [0.15, 0.2) is 47.1 Å². The molecular formula is C19H24N2O3S. The largest absolute Gasteiger partial charge is 0.497 e. The van der Waals surface area contributed by atoms with Gasteiger partial charge in [0.2, 0.25) is 5.91 Å². The maximum atomic E-state index is 12.4. The molecule has 3 rings (SSSR count). The number of rotatable bonds is 7. The third kappa shape index (κ3) is 5.03. The summed E-state index contributed by atoms with van der Waals surface area (Å²) in [5.74, 6) is 3.93. The Morgan fingerprint density at radius 1 is 1.32 bits per heavy atom. The molecule has 1 N–H and O–H groups in total. The normalized spacial score (nSPS) is 16.4. The SMILES string of the molecule is COc1cccc(CC(=O)NC[C@H](c2ccco2)N2CCSCC2)c1. The predicted molar refractivity (Wildman–Crippen MR) is 100 cm³/mol. The van der Waals surface area contributed by atoms with Gasteiger partial charge < -0.3 is 14.5 Å². The summed E-state index contributed by atoms with van der Waals surface area (Å²) in [7, 11) is 1.63. The van der Waals surface area contributed by atoms with Gasteiger partial charge in [0.1, 0.15) is 11.5 Å². The van der Waals surface area contributed by atoms with E-state index in [2.05, 4.69) is 10.2 Å². The summed E-state index contributed by atoms with van der Waals surface area (Å²) >= 11 is 1.97. The van der Waals surface area contributed by atoms with Crippen LogP contribution in [0.4, 0.5) is 0 Å². The highest BCUT2D eigenvalue weighted by molar-refractivity contribution is 7.99. The lowest BCUT2D eigenvalue weighted by Gasteiger charge is -2.33. The number of thioether (sulfide) groups is 1. The van der Waals surface area contributed by atoms with Crippen LogP contribution in [0, 0.1) is 0 Å². The second kappa shape index (κ2) is 8.97. The van der Waals surface area contributed by atoms with Gasteiger partial charge in [-0.1, -0.05) is 12.1 Å². The summed E-state index contributed by atoms with van der Waals surface area (Å²) in [4.78, 5) is 14.8. The zero-order valence-corrected chi connectivity index (χ0v) is 15.3. The summed E-state index contributed by atoms with van der Waals surface area (Å²) in [6.45, 7) is 2.59. The fourth-order valence-corrected chi connectivity index (χ4v) is 3.95. The van der Waals surface area contributed by atoms with E-state index in [4.69, 9.17) is 9.15 Å². The van der Waals surface area contributed by atoms with Crippen molar-refractivity contribution >= 4 is 17.7 Å². The van der Waals surface area contributed by atoms with Gasteiger partial charge in [-0.3, -0.25) is 9.69 Å². The minimum atomic E-state index is 0.0104. The molecule has 25 heavy (non-hydrogen) atoms. The molecule has 1 aromatic carbocycles. The molecule has 0 spiro atoms. The number of nitrogens with one attached hydrogen (secondary N) is 1. The van der Waals surface area contributed by atoms with Gasteiger partial charge in [0.15, 0.2) is 0 Å². The molecule has 1 atom stereocenters. The van der Waals surface area contributed by atoms with E-state index in [1.165, 1.54) is 0 Å². The standard InChI is InChI=1S/C19H24N2O3S/c1-23-16-5-2-4-15(12-16)13-19(22)20-14-17(18-6-3-9-24-18)21-7-10-25-11-8-21/h2-6,9,12,17H,7-8,10-11,13-14H2,1H3,(H,20,22)/t17-/m1/s1. The van der Waals surface area contributed by atoms with E-state index in [1.54, 1.807) is 13.4 Å². The van der Waals surface area contributed by atoms with Crippen LogP contribution in [0.25, 0.3) is 0 Å². The van der Waals surface area contributed by atoms with Crippen molar-refractivity contribution in [3.8, 4) is 5.75 Å². The number of hydrogen-bond donors (Lipinski definition) is 1. The molecule has 2 heterocycles. The summed E-state index contributed by atoms with van der Waals surface area (Å²) < 4.78 is 10.8. The number of benzene rings is 1. The second-order valence-corrected chi connectivity index (χ2v) is 7.24. The van der Waals surface area contributed by atoms with Gasteiger partial charge in [0.05, 0.1) is 25.8 Å². The second-order valence-electron chi connectivity index (χ2n) is 6.01. The molecule has 6 heteroatoms. The molecule has 0 unspecified atom stereocenters. The van der Waals surface area contributed by atoms with Gasteiger partial charge in [0, 0.05) is 31.1 Å². The van der Waals surface area contributed by atoms with E-state index in [9.17, 15) is 4.79 Å². The minimum absolute atomic E-state index is 0.0104. The molecule has 5 nitrogen and oxygen atoms in total. The molecule has 1 aromatic heterocycles. The third-order valence-corrected chi connectivity index (χ3v) is 5.29. The van der Waals surface area contributed by atoms with Crippen molar-refractivity contribution in [2.75, 3.05) is 38.2 Å². The van der Waals surface area contributed by atoms with Crippen LogP contribution in [0.3, 0.4) is 0 Å². The Labute approximate surface area is 152 Å². The van der Waals surface area contributed by atoms with Crippen LogP contribution in [0.2, 0.25) is 0 Å². The van der Waals surface area contributed by atoms with Gasteiger partial charge in [-0.05, 0) is 29.8 Å². The molecule has 0 bridgehead atoms. The molecule has 1 aliphatic rings. The van der Waals surface area contributed by atoms with Gasteiger partial charge in [0.25, 0.3) is 0 Å². The Morgan fingerprint density at radius 3 is 2.88 bits per heavy atom. The van der Waals surface area contributed by atoms with Crippen molar-refractivity contribution in [3.63, 3.8) is 0 Å². The zero-order valence-electron chi connectivity index (χ0n) is 14.4. The first-order valence-electron chi connectivity index (χ1n) is 8.51. The highest BCUT2D eigenvalue weighted by Gasteiger charge is 2.25. The quantitative estimate of drug-likeness (QED) is 0.823. The summed E-state index contributed by atoms with van der Waals surface area (Å²) in [5, 5.41) is 3.07. The van der Waals surface area contributed by atoms with Crippen LogP contribution in [-0.4, -0.2) is 49.1 Å². The first-order valence-corrected chi connectivity index (χ1v) is 9.66. The van der Waals surface area contributed by atoms with Crippen LogP contribution in [0.5, 0.6) is 5.75 Å². The van der Waals surface area contributed by atoms with E-state index in [-0.39, 0.29) is 11.9 Å². The van der Waals surface area contributed by atoms with Crippen molar-refractivity contribution in [1.29, 1.82) is 0 Å². The van der Waals surface area contributed by atoms with Crippen LogP contribution < -0.4 is 10.1 Å². The number of ether oxygens (including phenoxy) is 1. The van der Waals surface area contributed by atoms with Crippen molar-refractivity contribution in [3.05, 3.63) is 54.0 Å². The summed E-state index contributed by atoms with van der Waals surface area (Å²) in [5.41, 5.74) is 0.945. The number of methoxy groups -OCH3 is 1. The van der Waals surface area contributed by atoms with Crippen molar-refractivity contribution in [2.45, 2.75) is 12.5 Å². The predicted octanol–water partition coefficient (Wildman–Crippen LogP) is 2.74. The molecule has 2 aromatic rings. The summed E-state index contributed by atoms with van der Waals surface area (Å²) in [6, 6.07) is 11.6. The average molecular weight is 360 g/mol. The molecule has 1 fully saturated rings. The highest BCUT2D eigenvalue weighted by atomic mass is 32.2. The molecule has 0 radical (unpaired) electrons. The maximum Gasteiger partial charge on any atom is 0.224 e. The molecule has 0 saturated carbocycles. The van der Waals surface area contributed by atoms with E-state index in [0.29, 0.717) is 13.0 Å². The lowest BCUT2D eigenvalue weighted by molar-refractivity contribution is -0.120. The van der Waals surface area contributed by atoms with Crippen LogP contribution >= 0.6 is 11.8 Å². The van der Waals surface area contributed by atoms with Crippen LogP contribution in [0.1, 0.15) is 17.4 Å². The fraction of sp³-hybridized carbons (Fsp3) is 0.421. The van der Waals surface area contributed by atoms with Crippen LogP contribution in [-0.2, 0) is 11.2 Å². The van der Waals surface area contributed by atoms with Gasteiger partial charge in [-0.15, -0.1) is 0 Å². The molecular weight excluding hydrogens is 336 g/mol. The topological polar surface area (TPSA) is 54.7 Å². The van der Waals surface area contributed by atoms with Gasteiger partial charge in [-0.2, -0.15) is 11.8 Å². The number of amides is 1. The Balaban J connectivity index is 1.59.